The minimum Gasteiger partial charge on any atom is -0.460 e. The van der Waals surface area contributed by atoms with E-state index in [1.165, 1.54) is 24.8 Å². The zero-order valence-electron chi connectivity index (χ0n) is 21.8. The molecular formula is C27H36N6O5. The molecule has 2 saturated heterocycles. The fourth-order valence-electron chi connectivity index (χ4n) is 6.05. The Morgan fingerprint density at radius 3 is 2.68 bits per heavy atom. The largest absolute Gasteiger partial charge is 0.460 e. The van der Waals surface area contributed by atoms with E-state index in [1.807, 2.05) is 24.0 Å². The molecule has 11 heteroatoms. The summed E-state index contributed by atoms with van der Waals surface area (Å²) in [6.45, 7) is 6.34. The van der Waals surface area contributed by atoms with Crippen molar-refractivity contribution in [2.75, 3.05) is 36.9 Å². The average Bonchev–Trinajstić information content (AvgIpc) is 3.66. The maximum absolute atomic E-state index is 12.1. The van der Waals surface area contributed by atoms with Crippen molar-refractivity contribution in [3.63, 3.8) is 0 Å². The van der Waals surface area contributed by atoms with Gasteiger partial charge in [0.25, 0.3) is 0 Å². The Balaban J connectivity index is 1.28. The van der Waals surface area contributed by atoms with Crippen LogP contribution in [0.3, 0.4) is 0 Å². The molecule has 204 valence electrons. The molecule has 0 amide bonds. The van der Waals surface area contributed by atoms with E-state index in [4.69, 9.17) is 19.9 Å². The highest BCUT2D eigenvalue weighted by atomic mass is 16.8. The van der Waals surface area contributed by atoms with Gasteiger partial charge in [0, 0.05) is 19.7 Å². The predicted octanol–water partition coefficient (Wildman–Crippen LogP) is 3.51. The number of aromatic nitrogens is 2. The van der Waals surface area contributed by atoms with Gasteiger partial charge in [0.2, 0.25) is 11.6 Å². The van der Waals surface area contributed by atoms with E-state index in [1.54, 1.807) is 0 Å². The van der Waals surface area contributed by atoms with Crippen molar-refractivity contribution in [1.29, 1.82) is 0 Å². The smallest absolute Gasteiger partial charge is 0.353 e. The third-order valence-electron chi connectivity index (χ3n) is 8.06. The number of rotatable bonds is 12. The van der Waals surface area contributed by atoms with Crippen LogP contribution in [0.1, 0.15) is 50.2 Å². The Kier molecular flexibility index (Phi) is 7.07. The number of nitrogen functional groups attached to an aromatic ring is 1. The quantitative estimate of drug-likeness (QED) is 0.250. The van der Waals surface area contributed by atoms with Crippen molar-refractivity contribution in [1.82, 2.24) is 14.9 Å². The van der Waals surface area contributed by atoms with Gasteiger partial charge in [-0.15, -0.1) is 0 Å². The third kappa shape index (κ3) is 5.69. The van der Waals surface area contributed by atoms with Crippen LogP contribution in [0, 0.1) is 22.0 Å². The number of nitrogens with zero attached hydrogens (tertiary/aromatic N) is 5. The van der Waals surface area contributed by atoms with Crippen LogP contribution in [0.4, 0.5) is 17.3 Å². The Morgan fingerprint density at radius 2 is 1.95 bits per heavy atom. The van der Waals surface area contributed by atoms with Crippen LogP contribution in [-0.2, 0) is 22.6 Å². The lowest BCUT2D eigenvalue weighted by atomic mass is 10.1. The molecule has 2 N–H and O–H groups in total. The second kappa shape index (κ2) is 10.6. The standard InChI is InChI=1S/C27H36N6O5/c1-2-36-26-22(38-26)16-32(15-18-7-5-6-17(10-18)14-31-8-3-4-9-31)25-23(33(34)35)24(28)29-27(30-25)37-21-12-19-11-20(19)13-21/h5-7,10,19-22,26H,2-4,8-9,11-16H2,1H3,(H2,28,29,30)/t19-,20+,21?,22-,26?/m1/s1. The molecule has 2 aromatic rings. The van der Waals surface area contributed by atoms with E-state index in [0.29, 0.717) is 19.7 Å². The molecule has 11 nitrogen and oxygen atoms in total. The molecule has 6 rings (SSSR count). The molecule has 2 saturated carbocycles. The lowest BCUT2D eigenvalue weighted by Crippen LogP contribution is -2.31. The van der Waals surface area contributed by atoms with E-state index in [9.17, 15) is 10.1 Å². The first-order chi connectivity index (χ1) is 18.5. The first-order valence-corrected chi connectivity index (χ1v) is 13.8. The Labute approximate surface area is 222 Å². The second-order valence-corrected chi connectivity index (χ2v) is 11.0. The second-order valence-electron chi connectivity index (χ2n) is 11.0. The number of epoxide rings is 1. The first kappa shape index (κ1) is 25.3. The molecule has 0 spiro atoms. The fourth-order valence-corrected chi connectivity index (χ4v) is 6.05. The fraction of sp³-hybridized carbons (Fsp3) is 0.630. The van der Waals surface area contributed by atoms with E-state index in [0.717, 1.165) is 49.9 Å². The highest BCUT2D eigenvalue weighted by molar-refractivity contribution is 5.69. The van der Waals surface area contributed by atoms with Crippen LogP contribution in [0.25, 0.3) is 0 Å². The van der Waals surface area contributed by atoms with Crippen LogP contribution in [-0.4, -0.2) is 64.5 Å². The highest BCUT2D eigenvalue weighted by Gasteiger charge is 2.47. The molecule has 2 aliphatic carbocycles. The van der Waals surface area contributed by atoms with E-state index < -0.39 is 4.92 Å². The summed E-state index contributed by atoms with van der Waals surface area (Å²) in [6.07, 6.45) is 5.16. The molecule has 0 bridgehead atoms. The number of anilines is 2. The topological polar surface area (TPSA) is 132 Å². The number of hydrogen-bond acceptors (Lipinski definition) is 10. The van der Waals surface area contributed by atoms with Gasteiger partial charge in [0.1, 0.15) is 12.2 Å². The minimum atomic E-state index is -0.510. The first-order valence-electron chi connectivity index (χ1n) is 13.8. The summed E-state index contributed by atoms with van der Waals surface area (Å²) < 4.78 is 17.4. The molecule has 1 aromatic heterocycles. The number of hydrogen-bond donors (Lipinski definition) is 1. The molecule has 38 heavy (non-hydrogen) atoms. The molecule has 4 fully saturated rings. The molecule has 2 aliphatic heterocycles. The Bertz CT molecular complexity index is 1160. The Hall–Kier alpha value is -3.02. The molecule has 3 heterocycles. The molecule has 0 radical (unpaired) electrons. The number of fused-ring (bicyclic) bond motifs is 1. The summed E-state index contributed by atoms with van der Waals surface area (Å²) >= 11 is 0. The van der Waals surface area contributed by atoms with Gasteiger partial charge in [-0.25, -0.2) is 0 Å². The highest BCUT2D eigenvalue weighted by Crippen LogP contribution is 2.52. The van der Waals surface area contributed by atoms with Crippen molar-refractivity contribution in [3.8, 4) is 6.01 Å². The zero-order chi connectivity index (χ0) is 26.2. The lowest BCUT2D eigenvalue weighted by Gasteiger charge is -2.24. The minimum absolute atomic E-state index is 0.0253. The number of benzene rings is 1. The predicted molar refractivity (Wildman–Crippen MR) is 141 cm³/mol. The molecular weight excluding hydrogens is 488 g/mol. The molecule has 5 atom stereocenters. The van der Waals surface area contributed by atoms with Gasteiger partial charge < -0.3 is 24.8 Å². The van der Waals surface area contributed by atoms with E-state index in [-0.39, 0.29) is 41.8 Å². The maximum atomic E-state index is 12.1. The summed E-state index contributed by atoms with van der Waals surface area (Å²) in [5.74, 6) is 1.41. The average molecular weight is 525 g/mol. The van der Waals surface area contributed by atoms with Crippen LogP contribution >= 0.6 is 0 Å². The normalized spacial score (nSPS) is 27.8. The van der Waals surface area contributed by atoms with Gasteiger partial charge in [-0.3, -0.25) is 15.0 Å². The number of nitro groups is 1. The molecule has 4 aliphatic rings. The monoisotopic (exact) mass is 524 g/mol. The van der Waals surface area contributed by atoms with Crippen molar-refractivity contribution < 1.29 is 19.1 Å². The SMILES string of the molecule is CCOC1O[C@@H]1CN(Cc1cccc(CN2CCCC2)c1)c1nc(OC2C[C@@H]3C[C@@H]3C2)nc(N)c1[N+](=O)[O-]. The van der Waals surface area contributed by atoms with Gasteiger partial charge >= 0.3 is 11.7 Å². The van der Waals surface area contributed by atoms with Crippen LogP contribution in [0.5, 0.6) is 6.01 Å². The summed E-state index contributed by atoms with van der Waals surface area (Å²) in [5.41, 5.74) is 8.08. The van der Waals surface area contributed by atoms with Gasteiger partial charge in [-0.1, -0.05) is 24.3 Å². The van der Waals surface area contributed by atoms with Crippen LogP contribution < -0.4 is 15.4 Å². The van der Waals surface area contributed by atoms with Crippen LogP contribution in [0.15, 0.2) is 24.3 Å². The summed E-state index contributed by atoms with van der Waals surface area (Å²) in [4.78, 5) is 24.7. The maximum Gasteiger partial charge on any atom is 0.353 e. The van der Waals surface area contributed by atoms with Crippen molar-refractivity contribution in [2.24, 2.45) is 11.8 Å². The van der Waals surface area contributed by atoms with Crippen molar-refractivity contribution in [2.45, 2.75) is 70.6 Å². The summed E-state index contributed by atoms with van der Waals surface area (Å²) in [6, 6.07) is 8.47. The number of nitrogens with two attached hydrogens (primary N) is 1. The van der Waals surface area contributed by atoms with Crippen molar-refractivity contribution >= 4 is 17.3 Å². The molecule has 2 unspecified atom stereocenters. The summed E-state index contributed by atoms with van der Waals surface area (Å²) in [5, 5.41) is 12.1. The van der Waals surface area contributed by atoms with Crippen LogP contribution in [0.2, 0.25) is 0 Å². The molecule has 1 aromatic carbocycles. The Morgan fingerprint density at radius 1 is 1.18 bits per heavy atom. The van der Waals surface area contributed by atoms with Crippen molar-refractivity contribution in [3.05, 3.63) is 45.5 Å². The van der Waals surface area contributed by atoms with Gasteiger partial charge in [-0.2, -0.15) is 9.97 Å². The van der Waals surface area contributed by atoms with Gasteiger partial charge in [0.05, 0.1) is 11.5 Å². The third-order valence-corrected chi connectivity index (χ3v) is 8.06. The van der Waals surface area contributed by atoms with E-state index in [2.05, 4.69) is 27.0 Å². The number of ether oxygens (including phenoxy) is 3. The van der Waals surface area contributed by atoms with Gasteiger partial charge in [-0.05, 0) is 75.1 Å². The van der Waals surface area contributed by atoms with E-state index >= 15 is 0 Å². The van der Waals surface area contributed by atoms with Gasteiger partial charge in [0.15, 0.2) is 6.29 Å². The number of likely N-dealkylation sites (tertiary alicyclic amines) is 1. The lowest BCUT2D eigenvalue weighted by molar-refractivity contribution is -0.383. The zero-order valence-corrected chi connectivity index (χ0v) is 21.8. The summed E-state index contributed by atoms with van der Waals surface area (Å²) in [7, 11) is 0.